The van der Waals surface area contributed by atoms with Gasteiger partial charge in [-0.1, -0.05) is 12.1 Å². The summed E-state index contributed by atoms with van der Waals surface area (Å²) in [6, 6.07) is 4.57. The van der Waals surface area contributed by atoms with Crippen LogP contribution in [0.3, 0.4) is 0 Å². The van der Waals surface area contributed by atoms with Crippen LogP contribution >= 0.6 is 0 Å². The van der Waals surface area contributed by atoms with Crippen LogP contribution < -0.4 is 10.9 Å². The zero-order chi connectivity index (χ0) is 19.6. The maximum absolute atomic E-state index is 13.8. The Balaban J connectivity index is 1.93. The van der Waals surface area contributed by atoms with Gasteiger partial charge in [0.1, 0.15) is 17.7 Å². The maximum atomic E-state index is 13.8. The zero-order valence-corrected chi connectivity index (χ0v) is 14.6. The Morgan fingerprint density at radius 3 is 2.74 bits per heavy atom. The lowest BCUT2D eigenvalue weighted by atomic mass is 10.1. The molecule has 1 amide bonds. The summed E-state index contributed by atoms with van der Waals surface area (Å²) in [6.07, 6.45) is 1.67. The standard InChI is InChI=1S/C18H16F2N4O3/c1-3-15(17(26)22-14-8-12(19)5-6-13(14)20)24-9-11(4-7-16(24)25)18-21-10(2)23-27-18/h4-9,15H,3H2,1-2H3,(H,22,26)/t15-/m0/s1. The molecule has 3 aromatic rings. The number of nitrogens with zero attached hydrogens (tertiary/aromatic N) is 3. The molecular formula is C18H16F2N4O3. The van der Waals surface area contributed by atoms with Crippen molar-refractivity contribution in [1.29, 1.82) is 0 Å². The number of anilines is 1. The fraction of sp³-hybridized carbons (Fsp3) is 0.222. The lowest BCUT2D eigenvalue weighted by molar-refractivity contribution is -0.119. The molecule has 0 saturated heterocycles. The first-order valence-corrected chi connectivity index (χ1v) is 8.18. The molecule has 1 aromatic carbocycles. The molecule has 9 heteroatoms. The summed E-state index contributed by atoms with van der Waals surface area (Å²) in [5, 5.41) is 6.02. The van der Waals surface area contributed by atoms with Crippen LogP contribution in [0.15, 0.2) is 45.8 Å². The van der Waals surface area contributed by atoms with Gasteiger partial charge in [0.25, 0.3) is 11.4 Å². The molecule has 0 spiro atoms. The molecule has 27 heavy (non-hydrogen) atoms. The fourth-order valence-electron chi connectivity index (χ4n) is 2.61. The van der Waals surface area contributed by atoms with E-state index in [0.29, 0.717) is 11.4 Å². The molecule has 0 saturated carbocycles. The minimum Gasteiger partial charge on any atom is -0.334 e. The number of hydrogen-bond acceptors (Lipinski definition) is 5. The minimum absolute atomic E-state index is 0.202. The summed E-state index contributed by atoms with van der Waals surface area (Å²) in [4.78, 5) is 29.0. The lowest BCUT2D eigenvalue weighted by Crippen LogP contribution is -2.32. The van der Waals surface area contributed by atoms with Gasteiger partial charge in [-0.3, -0.25) is 9.59 Å². The third-order valence-corrected chi connectivity index (χ3v) is 3.92. The molecule has 1 atom stereocenters. The van der Waals surface area contributed by atoms with Gasteiger partial charge >= 0.3 is 0 Å². The van der Waals surface area contributed by atoms with E-state index in [1.807, 2.05) is 0 Å². The highest BCUT2D eigenvalue weighted by Gasteiger charge is 2.22. The van der Waals surface area contributed by atoms with Crippen molar-refractivity contribution in [3.05, 3.63) is 64.3 Å². The van der Waals surface area contributed by atoms with E-state index in [0.717, 1.165) is 18.2 Å². The Bertz CT molecular complexity index is 1050. The van der Waals surface area contributed by atoms with Crippen molar-refractivity contribution in [3.8, 4) is 11.5 Å². The summed E-state index contributed by atoms with van der Waals surface area (Å²) >= 11 is 0. The predicted octanol–water partition coefficient (Wildman–Crippen LogP) is 3.07. The van der Waals surface area contributed by atoms with Crippen molar-refractivity contribution >= 4 is 11.6 Å². The molecule has 0 aliphatic rings. The van der Waals surface area contributed by atoms with Gasteiger partial charge in [0.15, 0.2) is 5.82 Å². The number of nitrogens with one attached hydrogen (secondary N) is 1. The molecule has 0 fully saturated rings. The van der Waals surface area contributed by atoms with Gasteiger partial charge in [0.2, 0.25) is 5.91 Å². The molecule has 0 aliphatic carbocycles. The number of benzene rings is 1. The van der Waals surface area contributed by atoms with Gasteiger partial charge in [-0.15, -0.1) is 0 Å². The van der Waals surface area contributed by atoms with E-state index in [2.05, 4.69) is 15.5 Å². The molecule has 0 aliphatic heterocycles. The van der Waals surface area contributed by atoms with Gasteiger partial charge < -0.3 is 14.4 Å². The Labute approximate surface area is 152 Å². The topological polar surface area (TPSA) is 90.0 Å². The van der Waals surface area contributed by atoms with Crippen molar-refractivity contribution in [3.63, 3.8) is 0 Å². The van der Waals surface area contributed by atoms with Crippen LogP contribution in [0.25, 0.3) is 11.5 Å². The number of carbonyl (C=O) groups excluding carboxylic acids is 1. The van der Waals surface area contributed by atoms with Crippen molar-refractivity contribution in [2.75, 3.05) is 5.32 Å². The number of aryl methyl sites for hydroxylation is 1. The minimum atomic E-state index is -0.941. The van der Waals surface area contributed by atoms with Crippen LogP contribution in [0.4, 0.5) is 14.5 Å². The zero-order valence-electron chi connectivity index (χ0n) is 14.6. The normalized spacial score (nSPS) is 12.0. The fourth-order valence-corrected chi connectivity index (χ4v) is 2.61. The van der Waals surface area contributed by atoms with E-state index in [9.17, 15) is 18.4 Å². The summed E-state index contributed by atoms with van der Waals surface area (Å²) in [7, 11) is 0. The van der Waals surface area contributed by atoms with E-state index in [1.165, 1.54) is 22.9 Å². The Kier molecular flexibility index (Phi) is 5.11. The summed E-state index contributed by atoms with van der Waals surface area (Å²) in [5.74, 6) is -1.49. The molecule has 2 aromatic heterocycles. The van der Waals surface area contributed by atoms with Crippen LogP contribution in [-0.4, -0.2) is 20.6 Å². The second kappa shape index (κ2) is 7.48. The van der Waals surface area contributed by atoms with Gasteiger partial charge in [-0.25, -0.2) is 8.78 Å². The van der Waals surface area contributed by atoms with E-state index in [1.54, 1.807) is 13.8 Å². The highest BCUT2D eigenvalue weighted by molar-refractivity contribution is 5.93. The largest absolute Gasteiger partial charge is 0.334 e. The van der Waals surface area contributed by atoms with E-state index in [4.69, 9.17) is 4.52 Å². The Morgan fingerprint density at radius 2 is 2.07 bits per heavy atom. The third kappa shape index (κ3) is 3.91. The van der Waals surface area contributed by atoms with Crippen LogP contribution in [0.1, 0.15) is 25.2 Å². The van der Waals surface area contributed by atoms with Crippen molar-refractivity contribution < 1.29 is 18.1 Å². The quantitative estimate of drug-likeness (QED) is 0.741. The van der Waals surface area contributed by atoms with Gasteiger partial charge in [-0.2, -0.15) is 4.98 Å². The molecule has 140 valence electrons. The number of pyridine rings is 1. The summed E-state index contributed by atoms with van der Waals surface area (Å²) in [5.41, 5.74) is -0.273. The van der Waals surface area contributed by atoms with Crippen molar-refractivity contribution in [1.82, 2.24) is 14.7 Å². The summed E-state index contributed by atoms with van der Waals surface area (Å²) < 4.78 is 33.4. The number of carbonyl (C=O) groups is 1. The number of rotatable bonds is 5. The Hall–Kier alpha value is -3.36. The average molecular weight is 374 g/mol. The smallest absolute Gasteiger partial charge is 0.259 e. The Morgan fingerprint density at radius 1 is 1.30 bits per heavy atom. The highest BCUT2D eigenvalue weighted by Crippen LogP contribution is 2.21. The molecule has 0 radical (unpaired) electrons. The van der Waals surface area contributed by atoms with Crippen molar-refractivity contribution in [2.45, 2.75) is 26.3 Å². The van der Waals surface area contributed by atoms with E-state index >= 15 is 0 Å². The first-order chi connectivity index (χ1) is 12.9. The lowest BCUT2D eigenvalue weighted by Gasteiger charge is -2.18. The molecular weight excluding hydrogens is 358 g/mol. The van der Waals surface area contributed by atoms with Gasteiger partial charge in [0.05, 0.1) is 11.3 Å². The summed E-state index contributed by atoms with van der Waals surface area (Å²) in [6.45, 7) is 3.35. The van der Waals surface area contributed by atoms with Crippen LogP contribution in [-0.2, 0) is 4.79 Å². The second-order valence-electron chi connectivity index (χ2n) is 5.85. The monoisotopic (exact) mass is 374 g/mol. The van der Waals surface area contributed by atoms with E-state index in [-0.39, 0.29) is 18.0 Å². The molecule has 3 rings (SSSR count). The number of amides is 1. The van der Waals surface area contributed by atoms with Crippen molar-refractivity contribution in [2.24, 2.45) is 0 Å². The average Bonchev–Trinajstić information content (AvgIpc) is 3.07. The van der Waals surface area contributed by atoms with Crippen LogP contribution in [0, 0.1) is 18.6 Å². The SMILES string of the molecule is CC[C@@H](C(=O)Nc1cc(F)ccc1F)n1cc(-c2nc(C)no2)ccc1=O. The van der Waals surface area contributed by atoms with E-state index < -0.39 is 29.1 Å². The first-order valence-electron chi connectivity index (χ1n) is 8.18. The predicted molar refractivity (Wildman–Crippen MR) is 93.0 cm³/mol. The van der Waals surface area contributed by atoms with Crippen LogP contribution in [0.5, 0.6) is 0 Å². The molecule has 2 heterocycles. The molecule has 7 nitrogen and oxygen atoms in total. The van der Waals surface area contributed by atoms with Gasteiger partial charge in [-0.05, 0) is 31.5 Å². The third-order valence-electron chi connectivity index (χ3n) is 3.92. The number of hydrogen-bond donors (Lipinski definition) is 1. The molecule has 1 N–H and O–H groups in total. The molecule has 0 unspecified atom stereocenters. The van der Waals surface area contributed by atoms with Gasteiger partial charge in [0, 0.05) is 18.3 Å². The first kappa shape index (κ1) is 18.4. The molecule has 0 bridgehead atoms. The number of aromatic nitrogens is 3. The second-order valence-corrected chi connectivity index (χ2v) is 5.85. The maximum Gasteiger partial charge on any atom is 0.259 e. The van der Waals surface area contributed by atoms with Crippen LogP contribution in [0.2, 0.25) is 0 Å². The highest BCUT2D eigenvalue weighted by atomic mass is 19.1. The number of halogens is 2.